The summed E-state index contributed by atoms with van der Waals surface area (Å²) in [4.78, 5) is 25.2. The number of carbonyl (C=O) groups excluding carboxylic acids is 2. The molecule has 136 valence electrons. The van der Waals surface area contributed by atoms with Gasteiger partial charge in [-0.3, -0.25) is 9.59 Å². The minimum absolute atomic E-state index is 0.201. The van der Waals surface area contributed by atoms with Crippen molar-refractivity contribution in [3.05, 3.63) is 101 Å². The number of rotatable bonds is 5. The molecule has 3 aromatic carbocycles. The standard InChI is InChI=1S/C22H19ClN2O2/c1-15(16-11-13-18(23)14-12-16)24-22(27)19-9-5-6-10-20(19)25-21(26)17-7-3-2-4-8-17/h2-15H,1H3,(H,24,27)(H,25,26). The molecular weight excluding hydrogens is 360 g/mol. The minimum Gasteiger partial charge on any atom is -0.345 e. The summed E-state index contributed by atoms with van der Waals surface area (Å²) in [6, 6.07) is 22.9. The fourth-order valence-corrected chi connectivity index (χ4v) is 2.81. The van der Waals surface area contributed by atoms with E-state index in [0.29, 0.717) is 21.8 Å². The van der Waals surface area contributed by atoms with Crippen LogP contribution in [0, 0.1) is 0 Å². The van der Waals surface area contributed by atoms with Crippen LogP contribution in [0.15, 0.2) is 78.9 Å². The molecule has 4 nitrogen and oxygen atoms in total. The zero-order valence-electron chi connectivity index (χ0n) is 14.8. The van der Waals surface area contributed by atoms with Gasteiger partial charge in [0.05, 0.1) is 17.3 Å². The molecule has 5 heteroatoms. The first-order chi connectivity index (χ1) is 13.0. The summed E-state index contributed by atoms with van der Waals surface area (Å²) in [6.07, 6.45) is 0. The van der Waals surface area contributed by atoms with E-state index in [1.807, 2.05) is 25.1 Å². The van der Waals surface area contributed by atoms with Crippen molar-refractivity contribution in [2.24, 2.45) is 0 Å². The quantitative estimate of drug-likeness (QED) is 0.650. The molecule has 1 atom stereocenters. The molecule has 0 saturated heterocycles. The van der Waals surface area contributed by atoms with Crippen LogP contribution in [0.1, 0.15) is 39.2 Å². The second-order valence-corrected chi connectivity index (χ2v) is 6.55. The van der Waals surface area contributed by atoms with Crippen LogP contribution in [-0.4, -0.2) is 11.8 Å². The SMILES string of the molecule is CC(NC(=O)c1ccccc1NC(=O)c1ccccc1)c1ccc(Cl)cc1. The molecule has 3 rings (SSSR count). The summed E-state index contributed by atoms with van der Waals surface area (Å²) >= 11 is 5.91. The van der Waals surface area contributed by atoms with Gasteiger partial charge >= 0.3 is 0 Å². The van der Waals surface area contributed by atoms with Gasteiger partial charge in [0.2, 0.25) is 0 Å². The maximum atomic E-state index is 12.7. The van der Waals surface area contributed by atoms with Gasteiger partial charge < -0.3 is 10.6 Å². The number of anilines is 1. The summed E-state index contributed by atoms with van der Waals surface area (Å²) < 4.78 is 0. The fourth-order valence-electron chi connectivity index (χ4n) is 2.68. The van der Waals surface area contributed by atoms with Crippen LogP contribution >= 0.6 is 11.6 Å². The third kappa shape index (κ3) is 4.74. The molecule has 2 amide bonds. The Morgan fingerprint density at radius 2 is 1.44 bits per heavy atom. The van der Waals surface area contributed by atoms with Gasteiger partial charge in [-0.2, -0.15) is 0 Å². The molecule has 0 aliphatic rings. The first-order valence-corrected chi connectivity index (χ1v) is 8.94. The van der Waals surface area contributed by atoms with E-state index in [-0.39, 0.29) is 17.9 Å². The Morgan fingerprint density at radius 1 is 0.815 bits per heavy atom. The van der Waals surface area contributed by atoms with Crippen LogP contribution in [0.3, 0.4) is 0 Å². The summed E-state index contributed by atoms with van der Waals surface area (Å²) in [5.41, 5.74) is 2.34. The maximum Gasteiger partial charge on any atom is 0.255 e. The molecule has 1 unspecified atom stereocenters. The summed E-state index contributed by atoms with van der Waals surface area (Å²) in [5, 5.41) is 6.41. The van der Waals surface area contributed by atoms with E-state index < -0.39 is 0 Å². The summed E-state index contributed by atoms with van der Waals surface area (Å²) in [5.74, 6) is -0.525. The van der Waals surface area contributed by atoms with Gasteiger partial charge in [-0.15, -0.1) is 0 Å². The van der Waals surface area contributed by atoms with Crippen LogP contribution in [-0.2, 0) is 0 Å². The number of benzene rings is 3. The Kier molecular flexibility index (Phi) is 5.89. The molecule has 0 radical (unpaired) electrons. The predicted molar refractivity (Wildman–Crippen MR) is 108 cm³/mol. The van der Waals surface area contributed by atoms with Crippen LogP contribution in [0.25, 0.3) is 0 Å². The summed E-state index contributed by atoms with van der Waals surface area (Å²) in [7, 11) is 0. The Hall–Kier alpha value is -3.11. The van der Waals surface area contributed by atoms with Gasteiger partial charge in [-0.05, 0) is 48.9 Å². The zero-order chi connectivity index (χ0) is 19.2. The van der Waals surface area contributed by atoms with E-state index in [0.717, 1.165) is 5.56 Å². The molecule has 0 aliphatic carbocycles. The first-order valence-electron chi connectivity index (χ1n) is 8.56. The van der Waals surface area contributed by atoms with Gasteiger partial charge in [0, 0.05) is 10.6 Å². The fraction of sp³-hybridized carbons (Fsp3) is 0.0909. The van der Waals surface area contributed by atoms with Crippen LogP contribution in [0.5, 0.6) is 0 Å². The molecule has 0 saturated carbocycles. The Balaban J connectivity index is 1.75. The first kappa shape index (κ1) is 18.7. The Morgan fingerprint density at radius 3 is 2.15 bits per heavy atom. The van der Waals surface area contributed by atoms with Gasteiger partial charge in [-0.25, -0.2) is 0 Å². The number of carbonyl (C=O) groups is 2. The van der Waals surface area contributed by atoms with Crippen molar-refractivity contribution in [3.63, 3.8) is 0 Å². The Bertz CT molecular complexity index is 940. The van der Waals surface area contributed by atoms with E-state index in [4.69, 9.17) is 11.6 Å². The Labute approximate surface area is 163 Å². The van der Waals surface area contributed by atoms with Crippen LogP contribution in [0.2, 0.25) is 5.02 Å². The molecule has 2 N–H and O–H groups in total. The van der Waals surface area contributed by atoms with Crippen molar-refractivity contribution in [2.75, 3.05) is 5.32 Å². The summed E-state index contributed by atoms with van der Waals surface area (Å²) in [6.45, 7) is 1.90. The third-order valence-electron chi connectivity index (χ3n) is 4.17. The second-order valence-electron chi connectivity index (χ2n) is 6.11. The number of hydrogen-bond acceptors (Lipinski definition) is 2. The van der Waals surface area contributed by atoms with Gasteiger partial charge in [0.1, 0.15) is 0 Å². The third-order valence-corrected chi connectivity index (χ3v) is 4.43. The molecule has 0 heterocycles. The van der Waals surface area contributed by atoms with Crippen molar-refractivity contribution in [2.45, 2.75) is 13.0 Å². The molecule has 3 aromatic rings. The lowest BCUT2D eigenvalue weighted by molar-refractivity contribution is 0.0941. The zero-order valence-corrected chi connectivity index (χ0v) is 15.5. The highest BCUT2D eigenvalue weighted by Gasteiger charge is 2.16. The van der Waals surface area contributed by atoms with E-state index in [9.17, 15) is 9.59 Å². The maximum absolute atomic E-state index is 12.7. The number of para-hydroxylation sites is 1. The number of amides is 2. The monoisotopic (exact) mass is 378 g/mol. The van der Waals surface area contributed by atoms with Crippen LogP contribution < -0.4 is 10.6 Å². The number of hydrogen-bond donors (Lipinski definition) is 2. The number of nitrogens with one attached hydrogen (secondary N) is 2. The highest BCUT2D eigenvalue weighted by molar-refractivity contribution is 6.30. The van der Waals surface area contributed by atoms with Gasteiger partial charge in [-0.1, -0.05) is 54.1 Å². The molecule has 0 bridgehead atoms. The smallest absolute Gasteiger partial charge is 0.255 e. The van der Waals surface area contributed by atoms with E-state index >= 15 is 0 Å². The minimum atomic E-state index is -0.263. The van der Waals surface area contributed by atoms with Crippen molar-refractivity contribution in [1.82, 2.24) is 5.32 Å². The van der Waals surface area contributed by atoms with Crippen molar-refractivity contribution < 1.29 is 9.59 Å². The molecule has 0 spiro atoms. The highest BCUT2D eigenvalue weighted by Crippen LogP contribution is 2.20. The average molecular weight is 379 g/mol. The molecular formula is C22H19ClN2O2. The molecule has 27 heavy (non-hydrogen) atoms. The lowest BCUT2D eigenvalue weighted by Crippen LogP contribution is -2.28. The lowest BCUT2D eigenvalue weighted by Gasteiger charge is -2.16. The van der Waals surface area contributed by atoms with Gasteiger partial charge in [0.15, 0.2) is 0 Å². The highest BCUT2D eigenvalue weighted by atomic mass is 35.5. The van der Waals surface area contributed by atoms with E-state index in [2.05, 4.69) is 10.6 Å². The molecule has 0 aliphatic heterocycles. The average Bonchev–Trinajstić information content (AvgIpc) is 2.69. The molecule has 0 fully saturated rings. The lowest BCUT2D eigenvalue weighted by atomic mass is 10.1. The van der Waals surface area contributed by atoms with Gasteiger partial charge in [0.25, 0.3) is 11.8 Å². The topological polar surface area (TPSA) is 58.2 Å². The van der Waals surface area contributed by atoms with Crippen LogP contribution in [0.4, 0.5) is 5.69 Å². The van der Waals surface area contributed by atoms with Crippen molar-refractivity contribution in [3.8, 4) is 0 Å². The number of halogens is 1. The predicted octanol–water partition coefficient (Wildman–Crippen LogP) is 5.08. The largest absolute Gasteiger partial charge is 0.345 e. The second kappa shape index (κ2) is 8.52. The molecule has 0 aromatic heterocycles. The van der Waals surface area contributed by atoms with E-state index in [1.54, 1.807) is 60.7 Å². The van der Waals surface area contributed by atoms with E-state index in [1.165, 1.54) is 0 Å². The van der Waals surface area contributed by atoms with Crippen molar-refractivity contribution >= 4 is 29.1 Å². The van der Waals surface area contributed by atoms with Crippen molar-refractivity contribution in [1.29, 1.82) is 0 Å². The normalized spacial score (nSPS) is 11.5.